The minimum Gasteiger partial charge on any atom is -0.505 e. The Morgan fingerprint density at radius 1 is 1.15 bits per heavy atom. The highest BCUT2D eigenvalue weighted by Crippen LogP contribution is 2.58. The summed E-state index contributed by atoms with van der Waals surface area (Å²) in [6.07, 6.45) is 8.23. The molecule has 108 valence electrons. The lowest BCUT2D eigenvalue weighted by Crippen LogP contribution is -2.46. The van der Waals surface area contributed by atoms with E-state index in [4.69, 9.17) is 0 Å². The molecular formula is C16H21NO3. The summed E-state index contributed by atoms with van der Waals surface area (Å²) < 4.78 is 2.08. The summed E-state index contributed by atoms with van der Waals surface area (Å²) in [6, 6.07) is 0.404. The zero-order valence-corrected chi connectivity index (χ0v) is 11.7. The summed E-state index contributed by atoms with van der Waals surface area (Å²) in [7, 11) is 0. The van der Waals surface area contributed by atoms with Crippen LogP contribution in [-0.4, -0.2) is 20.7 Å². The van der Waals surface area contributed by atoms with Gasteiger partial charge < -0.3 is 14.8 Å². The summed E-state index contributed by atoms with van der Waals surface area (Å²) in [5.41, 5.74) is 0.797. The first-order chi connectivity index (χ1) is 9.54. The van der Waals surface area contributed by atoms with Crippen molar-refractivity contribution in [2.45, 2.75) is 45.1 Å². The molecule has 0 aromatic carbocycles. The quantitative estimate of drug-likeness (QED) is 0.871. The van der Waals surface area contributed by atoms with Gasteiger partial charge in [-0.25, -0.2) is 4.79 Å². The number of hydrogen-bond donors (Lipinski definition) is 2. The van der Waals surface area contributed by atoms with Crippen LogP contribution in [0.1, 0.15) is 54.2 Å². The normalized spacial score (nSPS) is 38.4. The van der Waals surface area contributed by atoms with Crippen LogP contribution < -0.4 is 0 Å². The molecule has 4 heteroatoms. The van der Waals surface area contributed by atoms with Gasteiger partial charge in [-0.3, -0.25) is 0 Å². The van der Waals surface area contributed by atoms with Gasteiger partial charge in [-0.05, 0) is 62.7 Å². The second-order valence-corrected chi connectivity index (χ2v) is 7.11. The van der Waals surface area contributed by atoms with Crippen LogP contribution in [0.25, 0.3) is 0 Å². The van der Waals surface area contributed by atoms with E-state index in [1.165, 1.54) is 32.1 Å². The predicted molar refractivity (Wildman–Crippen MR) is 73.9 cm³/mol. The van der Waals surface area contributed by atoms with Crippen molar-refractivity contribution in [2.24, 2.45) is 23.7 Å². The largest absolute Gasteiger partial charge is 0.505 e. The molecule has 0 spiro atoms. The molecule has 4 fully saturated rings. The van der Waals surface area contributed by atoms with E-state index in [0.717, 1.165) is 11.8 Å². The molecule has 0 amide bonds. The van der Waals surface area contributed by atoms with Crippen molar-refractivity contribution in [3.8, 4) is 5.75 Å². The summed E-state index contributed by atoms with van der Waals surface area (Å²) in [5, 5.41) is 19.2. The van der Waals surface area contributed by atoms with Gasteiger partial charge in [0.25, 0.3) is 0 Å². The van der Waals surface area contributed by atoms with E-state index < -0.39 is 5.97 Å². The molecule has 20 heavy (non-hydrogen) atoms. The summed E-state index contributed by atoms with van der Waals surface area (Å²) in [6.45, 7) is 1.83. The Morgan fingerprint density at radius 3 is 2.15 bits per heavy atom. The molecule has 0 radical (unpaired) electrons. The Labute approximate surface area is 118 Å². The van der Waals surface area contributed by atoms with Crippen molar-refractivity contribution in [2.75, 3.05) is 0 Å². The van der Waals surface area contributed by atoms with Crippen molar-refractivity contribution < 1.29 is 15.0 Å². The van der Waals surface area contributed by atoms with E-state index in [9.17, 15) is 15.0 Å². The molecule has 1 aromatic heterocycles. The lowest BCUT2D eigenvalue weighted by atomic mass is 9.54. The Morgan fingerprint density at radius 2 is 1.70 bits per heavy atom. The first kappa shape index (κ1) is 12.3. The molecular weight excluding hydrogens is 254 g/mol. The number of aromatic carboxylic acids is 1. The summed E-state index contributed by atoms with van der Waals surface area (Å²) in [4.78, 5) is 11.3. The topological polar surface area (TPSA) is 62.5 Å². The SMILES string of the molecule is Cc1c(C(=O)O)c(O)cn1C1C2CC3CC(C2)CC1C3. The van der Waals surface area contributed by atoms with Gasteiger partial charge in [-0.2, -0.15) is 0 Å². The molecule has 0 atom stereocenters. The smallest absolute Gasteiger partial charge is 0.341 e. The van der Waals surface area contributed by atoms with E-state index >= 15 is 0 Å². The molecule has 5 rings (SSSR count). The number of rotatable bonds is 2. The van der Waals surface area contributed by atoms with Crippen molar-refractivity contribution in [1.29, 1.82) is 0 Å². The molecule has 0 aliphatic heterocycles. The van der Waals surface area contributed by atoms with E-state index in [0.29, 0.717) is 23.6 Å². The lowest BCUT2D eigenvalue weighted by molar-refractivity contribution is -0.0297. The third-order valence-corrected chi connectivity index (χ3v) is 5.98. The highest BCUT2D eigenvalue weighted by molar-refractivity contribution is 5.92. The molecule has 4 aliphatic carbocycles. The minimum absolute atomic E-state index is 0.0798. The van der Waals surface area contributed by atoms with Gasteiger partial charge in [0.15, 0.2) is 0 Å². The van der Waals surface area contributed by atoms with Crippen LogP contribution >= 0.6 is 0 Å². The molecule has 4 bridgehead atoms. The zero-order chi connectivity index (χ0) is 14.0. The Hall–Kier alpha value is -1.45. The summed E-state index contributed by atoms with van der Waals surface area (Å²) >= 11 is 0. The van der Waals surface area contributed by atoms with Crippen LogP contribution in [0.15, 0.2) is 6.20 Å². The average Bonchev–Trinajstić information content (AvgIpc) is 2.63. The van der Waals surface area contributed by atoms with Crippen molar-refractivity contribution >= 4 is 5.97 Å². The first-order valence-electron chi connectivity index (χ1n) is 7.68. The number of aromatic hydroxyl groups is 1. The Bertz CT molecular complexity index is 547. The van der Waals surface area contributed by atoms with Crippen molar-refractivity contribution in [3.05, 3.63) is 17.5 Å². The molecule has 4 aliphatic rings. The maximum absolute atomic E-state index is 11.3. The highest BCUT2D eigenvalue weighted by atomic mass is 16.4. The van der Waals surface area contributed by atoms with Crippen LogP contribution in [0.4, 0.5) is 0 Å². The second kappa shape index (κ2) is 4.03. The van der Waals surface area contributed by atoms with Gasteiger partial charge in [-0.15, -0.1) is 0 Å². The molecule has 2 N–H and O–H groups in total. The van der Waals surface area contributed by atoms with Gasteiger partial charge >= 0.3 is 5.97 Å². The number of aromatic nitrogens is 1. The third-order valence-electron chi connectivity index (χ3n) is 5.98. The summed E-state index contributed by atoms with van der Waals surface area (Å²) in [5.74, 6) is 2.05. The van der Waals surface area contributed by atoms with Gasteiger partial charge in [0.1, 0.15) is 11.3 Å². The van der Waals surface area contributed by atoms with E-state index in [-0.39, 0.29) is 11.3 Å². The van der Waals surface area contributed by atoms with Crippen LogP contribution in [0, 0.1) is 30.6 Å². The molecule has 1 aromatic rings. The average molecular weight is 275 g/mol. The highest BCUT2D eigenvalue weighted by Gasteiger charge is 2.49. The predicted octanol–water partition coefficient (Wildman–Crippen LogP) is 3.20. The molecule has 0 unspecified atom stereocenters. The monoisotopic (exact) mass is 275 g/mol. The standard InChI is InChI=1S/C16H21NO3/c1-8-14(16(19)20)13(18)7-17(8)15-11-3-9-2-10(5-11)6-12(15)4-9/h7,9-12,15,18H,2-6H2,1H3,(H,19,20). The van der Waals surface area contributed by atoms with Crippen LogP contribution in [0.3, 0.4) is 0 Å². The molecule has 1 heterocycles. The van der Waals surface area contributed by atoms with Crippen molar-refractivity contribution in [3.63, 3.8) is 0 Å². The van der Waals surface area contributed by atoms with Crippen LogP contribution in [-0.2, 0) is 0 Å². The van der Waals surface area contributed by atoms with Gasteiger partial charge in [0.2, 0.25) is 0 Å². The number of hydrogen-bond acceptors (Lipinski definition) is 2. The molecule has 0 saturated heterocycles. The maximum Gasteiger partial charge on any atom is 0.341 e. The lowest BCUT2D eigenvalue weighted by Gasteiger charge is -2.55. The number of carbonyl (C=O) groups is 1. The first-order valence-corrected chi connectivity index (χ1v) is 7.68. The molecule has 4 nitrogen and oxygen atoms in total. The fraction of sp³-hybridized carbons (Fsp3) is 0.688. The van der Waals surface area contributed by atoms with E-state index in [1.54, 1.807) is 6.20 Å². The Balaban J connectivity index is 1.75. The van der Waals surface area contributed by atoms with Crippen LogP contribution in [0.2, 0.25) is 0 Å². The van der Waals surface area contributed by atoms with E-state index in [2.05, 4.69) is 4.57 Å². The maximum atomic E-state index is 11.3. The second-order valence-electron chi connectivity index (χ2n) is 7.11. The fourth-order valence-electron chi connectivity index (χ4n) is 5.53. The number of carboxylic acids is 1. The zero-order valence-electron chi connectivity index (χ0n) is 11.7. The van der Waals surface area contributed by atoms with Crippen molar-refractivity contribution in [1.82, 2.24) is 4.57 Å². The Kier molecular flexibility index (Phi) is 2.48. The van der Waals surface area contributed by atoms with E-state index in [1.807, 2.05) is 6.92 Å². The number of carboxylic acid groups (broad SMARTS) is 1. The van der Waals surface area contributed by atoms with Gasteiger partial charge in [-0.1, -0.05) is 0 Å². The molecule has 4 saturated carbocycles. The third kappa shape index (κ3) is 1.57. The van der Waals surface area contributed by atoms with Crippen LogP contribution in [0.5, 0.6) is 5.75 Å². The van der Waals surface area contributed by atoms with Gasteiger partial charge in [0, 0.05) is 17.9 Å². The van der Waals surface area contributed by atoms with Gasteiger partial charge in [0.05, 0.1) is 0 Å². The fourth-order valence-corrected chi connectivity index (χ4v) is 5.53. The minimum atomic E-state index is -1.03. The number of nitrogens with zero attached hydrogens (tertiary/aromatic N) is 1.